The van der Waals surface area contributed by atoms with Crippen molar-refractivity contribution < 1.29 is 23.4 Å². The summed E-state index contributed by atoms with van der Waals surface area (Å²) in [6.45, 7) is 19.6. The molecular formula is C29H48O5Si. The van der Waals surface area contributed by atoms with Crippen LogP contribution in [0.4, 0.5) is 0 Å². The molecule has 0 aliphatic carbocycles. The van der Waals surface area contributed by atoms with E-state index in [1.54, 1.807) is 7.11 Å². The Hall–Kier alpha value is -1.36. The number of ether oxygens (including phenoxy) is 4. The predicted octanol–water partition coefficient (Wildman–Crippen LogP) is 6.95. The number of hydrogen-bond donors (Lipinski definition) is 0. The van der Waals surface area contributed by atoms with Gasteiger partial charge in [-0.2, -0.15) is 0 Å². The Morgan fingerprint density at radius 1 is 1.06 bits per heavy atom. The van der Waals surface area contributed by atoms with E-state index in [-0.39, 0.29) is 17.2 Å². The summed E-state index contributed by atoms with van der Waals surface area (Å²) in [5.74, 6) is 7.28. The summed E-state index contributed by atoms with van der Waals surface area (Å²) in [6.07, 6.45) is 3.50. The fraction of sp³-hybridized carbons (Fsp3) is 0.724. The molecule has 6 heteroatoms. The highest BCUT2D eigenvalue weighted by Crippen LogP contribution is 2.37. The molecule has 1 aromatic carbocycles. The van der Waals surface area contributed by atoms with Crippen LogP contribution in [-0.2, 0) is 25.2 Å². The highest BCUT2D eigenvalue weighted by Gasteiger charge is 2.43. The lowest BCUT2D eigenvalue weighted by Crippen LogP contribution is -2.40. The standard InChI is InChI=1S/C29H48O5Si/c1-23(14-13-20-31-22-24-16-18-25(30-7)19-17-24)27-26(33-29(5,6)34-27)15-11-10-12-21-32-35(8,9)28(2,3)4/h16-19,23,26-27H,12-15,20-22H2,1-9H3/t23-,26-,27-/m1/s1. The number of methoxy groups -OCH3 is 1. The molecule has 1 aliphatic rings. The highest BCUT2D eigenvalue weighted by molar-refractivity contribution is 6.74. The number of rotatable bonds is 12. The first-order chi connectivity index (χ1) is 16.3. The van der Waals surface area contributed by atoms with Crippen LogP contribution < -0.4 is 4.74 Å². The zero-order valence-corrected chi connectivity index (χ0v) is 24.5. The average Bonchev–Trinajstić information content (AvgIpc) is 3.09. The summed E-state index contributed by atoms with van der Waals surface area (Å²) in [4.78, 5) is 0. The second-order valence-corrected chi connectivity index (χ2v) is 16.4. The van der Waals surface area contributed by atoms with Crippen LogP contribution in [0.25, 0.3) is 0 Å². The predicted molar refractivity (Wildman–Crippen MR) is 145 cm³/mol. The van der Waals surface area contributed by atoms with Crippen LogP contribution in [0.3, 0.4) is 0 Å². The first kappa shape index (κ1) is 29.9. The van der Waals surface area contributed by atoms with Gasteiger partial charge in [-0.15, -0.1) is 11.8 Å². The van der Waals surface area contributed by atoms with Gasteiger partial charge in [0.05, 0.1) is 25.9 Å². The number of hydrogen-bond acceptors (Lipinski definition) is 5. The molecule has 0 N–H and O–H groups in total. The van der Waals surface area contributed by atoms with Gasteiger partial charge in [-0.3, -0.25) is 0 Å². The minimum Gasteiger partial charge on any atom is -0.497 e. The van der Waals surface area contributed by atoms with E-state index >= 15 is 0 Å². The zero-order chi connectivity index (χ0) is 26.1. The Kier molecular flexibility index (Phi) is 11.3. The van der Waals surface area contributed by atoms with Crippen molar-refractivity contribution in [1.82, 2.24) is 0 Å². The molecule has 3 atom stereocenters. The maximum absolute atomic E-state index is 6.27. The molecule has 0 aromatic heterocycles. The normalized spacial score (nSPS) is 20.8. The summed E-state index contributed by atoms with van der Waals surface area (Å²) in [5.41, 5.74) is 1.15. The van der Waals surface area contributed by atoms with Crippen LogP contribution in [0.5, 0.6) is 5.75 Å². The Morgan fingerprint density at radius 2 is 1.74 bits per heavy atom. The van der Waals surface area contributed by atoms with Crippen LogP contribution in [0, 0.1) is 17.8 Å². The molecule has 0 spiro atoms. The van der Waals surface area contributed by atoms with Crippen molar-refractivity contribution in [3.8, 4) is 17.6 Å². The Balaban J connectivity index is 1.73. The molecule has 0 saturated carbocycles. The molecule has 198 valence electrons. The largest absolute Gasteiger partial charge is 0.497 e. The van der Waals surface area contributed by atoms with Gasteiger partial charge in [0.15, 0.2) is 14.1 Å². The molecule has 1 aromatic rings. The zero-order valence-electron chi connectivity index (χ0n) is 23.5. The van der Waals surface area contributed by atoms with E-state index in [0.29, 0.717) is 25.6 Å². The van der Waals surface area contributed by atoms with Gasteiger partial charge in [0.2, 0.25) is 0 Å². The molecule has 1 aliphatic heterocycles. The lowest BCUT2D eigenvalue weighted by atomic mass is 9.94. The van der Waals surface area contributed by atoms with Crippen molar-refractivity contribution in [2.45, 2.75) is 110 Å². The summed E-state index contributed by atoms with van der Waals surface area (Å²) < 4.78 is 29.8. The fourth-order valence-corrected chi connectivity index (χ4v) is 4.97. The van der Waals surface area contributed by atoms with Gasteiger partial charge in [0.25, 0.3) is 0 Å². The van der Waals surface area contributed by atoms with E-state index in [1.807, 2.05) is 38.1 Å². The molecule has 5 nitrogen and oxygen atoms in total. The third-order valence-corrected chi connectivity index (χ3v) is 11.6. The van der Waals surface area contributed by atoms with Gasteiger partial charge in [0, 0.05) is 26.1 Å². The van der Waals surface area contributed by atoms with Gasteiger partial charge in [0.1, 0.15) is 5.75 Å². The maximum Gasteiger partial charge on any atom is 0.192 e. The Bertz CT molecular complexity index is 816. The summed E-state index contributed by atoms with van der Waals surface area (Å²) in [5, 5.41) is 0.227. The van der Waals surface area contributed by atoms with E-state index in [0.717, 1.165) is 37.2 Å². The first-order valence-corrected chi connectivity index (χ1v) is 15.9. The lowest BCUT2D eigenvalue weighted by Gasteiger charge is -2.35. The lowest BCUT2D eigenvalue weighted by molar-refractivity contribution is -0.149. The molecule has 0 bridgehead atoms. The van der Waals surface area contributed by atoms with Gasteiger partial charge in [-0.25, -0.2) is 0 Å². The molecule has 35 heavy (non-hydrogen) atoms. The minimum absolute atomic E-state index is 0.00553. The van der Waals surface area contributed by atoms with Crippen LogP contribution in [0.15, 0.2) is 24.3 Å². The van der Waals surface area contributed by atoms with E-state index in [9.17, 15) is 0 Å². The third-order valence-electron chi connectivity index (χ3n) is 7.08. The van der Waals surface area contributed by atoms with E-state index in [4.69, 9.17) is 23.4 Å². The first-order valence-electron chi connectivity index (χ1n) is 13.0. The second-order valence-electron chi connectivity index (χ2n) is 11.6. The number of benzene rings is 1. The molecule has 1 saturated heterocycles. The summed E-state index contributed by atoms with van der Waals surface area (Å²) in [7, 11) is -0.0292. The smallest absolute Gasteiger partial charge is 0.192 e. The van der Waals surface area contributed by atoms with E-state index in [2.05, 4.69) is 52.6 Å². The van der Waals surface area contributed by atoms with Crippen molar-refractivity contribution in [2.75, 3.05) is 20.3 Å². The Labute approximate surface area is 215 Å². The minimum atomic E-state index is -1.71. The van der Waals surface area contributed by atoms with Crippen molar-refractivity contribution in [3.63, 3.8) is 0 Å². The monoisotopic (exact) mass is 504 g/mol. The van der Waals surface area contributed by atoms with E-state index < -0.39 is 14.1 Å². The summed E-state index contributed by atoms with van der Waals surface area (Å²) >= 11 is 0. The van der Waals surface area contributed by atoms with E-state index in [1.165, 1.54) is 0 Å². The molecule has 0 radical (unpaired) electrons. The van der Waals surface area contributed by atoms with Gasteiger partial charge >= 0.3 is 0 Å². The fourth-order valence-electron chi connectivity index (χ4n) is 3.92. The molecular weight excluding hydrogens is 456 g/mol. The molecule has 0 unspecified atom stereocenters. The van der Waals surface area contributed by atoms with Crippen LogP contribution in [0.2, 0.25) is 18.1 Å². The van der Waals surface area contributed by atoms with Crippen molar-refractivity contribution in [2.24, 2.45) is 5.92 Å². The van der Waals surface area contributed by atoms with Crippen LogP contribution >= 0.6 is 0 Å². The summed E-state index contributed by atoms with van der Waals surface area (Å²) in [6, 6.07) is 8.01. The SMILES string of the molecule is COc1ccc(COCCC[C@@H](C)[C@H]2OC(C)(C)O[C@@H]2CC#CCCO[Si](C)(C)C(C)(C)C)cc1. The van der Waals surface area contributed by atoms with Gasteiger partial charge in [-0.05, 0) is 68.4 Å². The maximum atomic E-state index is 6.27. The molecule has 1 heterocycles. The van der Waals surface area contributed by atoms with Crippen molar-refractivity contribution in [3.05, 3.63) is 29.8 Å². The van der Waals surface area contributed by atoms with Gasteiger partial charge in [-0.1, -0.05) is 39.8 Å². The molecule has 1 fully saturated rings. The average molecular weight is 505 g/mol. The highest BCUT2D eigenvalue weighted by atomic mass is 28.4. The Morgan fingerprint density at radius 3 is 2.37 bits per heavy atom. The second kappa shape index (κ2) is 13.3. The quantitative estimate of drug-likeness (QED) is 0.175. The van der Waals surface area contributed by atoms with Crippen molar-refractivity contribution in [1.29, 1.82) is 0 Å². The van der Waals surface area contributed by atoms with Gasteiger partial charge < -0.3 is 23.4 Å². The van der Waals surface area contributed by atoms with Crippen LogP contribution in [-0.4, -0.2) is 46.6 Å². The third kappa shape index (κ3) is 9.90. The molecule has 2 rings (SSSR count). The topological polar surface area (TPSA) is 46.2 Å². The van der Waals surface area contributed by atoms with Crippen molar-refractivity contribution >= 4 is 8.32 Å². The van der Waals surface area contributed by atoms with Crippen LogP contribution in [0.1, 0.15) is 72.8 Å². The molecule has 0 amide bonds.